The second-order valence-electron chi connectivity index (χ2n) is 7.48. The van der Waals surface area contributed by atoms with E-state index in [4.69, 9.17) is 5.11 Å². The number of amides is 1. The Bertz CT molecular complexity index is 981. The van der Waals surface area contributed by atoms with Crippen molar-refractivity contribution in [2.75, 3.05) is 18.4 Å². The van der Waals surface area contributed by atoms with Gasteiger partial charge in [0.1, 0.15) is 0 Å². The number of fused-ring (bicyclic) bond motifs is 1. The fraction of sp³-hybridized carbons (Fsp3) is 0.381. The molecular formula is C21H25N5O3. The molecule has 1 amide bonds. The summed E-state index contributed by atoms with van der Waals surface area (Å²) < 4.78 is 1.62. The lowest BCUT2D eigenvalue weighted by Gasteiger charge is -2.15. The smallest absolute Gasteiger partial charge is 0.411 e. The Hall–Kier alpha value is -2.97. The number of β-amino-alcohol motifs (C(OH)–C–C–N with tert-alkyl or cyclic N) is 1. The van der Waals surface area contributed by atoms with E-state index < -0.39 is 6.09 Å². The van der Waals surface area contributed by atoms with Crippen LogP contribution in [0.2, 0.25) is 0 Å². The predicted octanol–water partition coefficient (Wildman–Crippen LogP) is 3.22. The minimum Gasteiger partial charge on any atom is -0.465 e. The van der Waals surface area contributed by atoms with Crippen molar-refractivity contribution in [1.82, 2.24) is 19.5 Å². The molecule has 152 valence electrons. The molecule has 1 aliphatic heterocycles. The summed E-state index contributed by atoms with van der Waals surface area (Å²) in [6.45, 7) is 2.46. The van der Waals surface area contributed by atoms with E-state index in [1.54, 1.807) is 10.6 Å². The molecule has 1 aliphatic carbocycles. The van der Waals surface area contributed by atoms with Crippen molar-refractivity contribution in [3.8, 4) is 11.3 Å². The van der Waals surface area contributed by atoms with Crippen LogP contribution in [0.4, 0.5) is 10.7 Å². The van der Waals surface area contributed by atoms with Crippen molar-refractivity contribution in [2.24, 2.45) is 0 Å². The van der Waals surface area contributed by atoms with Crippen LogP contribution in [0.15, 0.2) is 42.5 Å². The molecule has 2 fully saturated rings. The fourth-order valence-electron chi connectivity index (χ4n) is 3.27. The molecule has 1 atom stereocenters. The number of hydrogen-bond acceptors (Lipinski definition) is 5. The number of aliphatic hydroxyl groups is 1. The zero-order valence-electron chi connectivity index (χ0n) is 16.2. The second-order valence-corrected chi connectivity index (χ2v) is 7.48. The first-order chi connectivity index (χ1) is 14.1. The summed E-state index contributed by atoms with van der Waals surface area (Å²) in [6, 6.07) is 13.7. The Morgan fingerprint density at radius 3 is 2.52 bits per heavy atom. The molecule has 1 aromatic carbocycles. The van der Waals surface area contributed by atoms with Gasteiger partial charge in [0, 0.05) is 25.2 Å². The number of aliphatic hydroxyl groups excluding tert-OH is 1. The first kappa shape index (κ1) is 19.4. The van der Waals surface area contributed by atoms with Crippen LogP contribution >= 0.6 is 0 Å². The standard InChI is InChI=1S/C18H19N5O3.C3H6/c24-14-8-9-22(11-14)10-12-4-6-13(7-5-12)15-2-1-3-16-19-17(20-18(25)26)21-23(15)16;1-2-3-1/h1-7,14,24H,8-11H2,(H,20,21)(H,25,26);1-3H2/t14-;/m0./s1. The highest BCUT2D eigenvalue weighted by Crippen LogP contribution is 2.22. The van der Waals surface area contributed by atoms with Crippen LogP contribution in [0.5, 0.6) is 0 Å². The molecule has 29 heavy (non-hydrogen) atoms. The zero-order chi connectivity index (χ0) is 20.2. The molecular weight excluding hydrogens is 370 g/mol. The molecule has 8 heteroatoms. The maximum absolute atomic E-state index is 10.8. The lowest BCUT2D eigenvalue weighted by molar-refractivity contribution is 0.175. The summed E-state index contributed by atoms with van der Waals surface area (Å²) in [6.07, 6.45) is 3.92. The molecule has 8 nitrogen and oxygen atoms in total. The van der Waals surface area contributed by atoms with Crippen molar-refractivity contribution >= 4 is 17.7 Å². The Labute approximate surface area is 168 Å². The summed E-state index contributed by atoms with van der Waals surface area (Å²) >= 11 is 0. The average Bonchev–Trinajstić information content (AvgIpc) is 3.44. The average molecular weight is 395 g/mol. The van der Waals surface area contributed by atoms with Gasteiger partial charge in [0.05, 0.1) is 11.8 Å². The Kier molecular flexibility index (Phi) is 5.73. The number of anilines is 1. The minimum atomic E-state index is -1.20. The van der Waals surface area contributed by atoms with E-state index in [9.17, 15) is 9.90 Å². The van der Waals surface area contributed by atoms with Crippen molar-refractivity contribution in [1.29, 1.82) is 0 Å². The van der Waals surface area contributed by atoms with Crippen LogP contribution in [-0.2, 0) is 6.54 Å². The number of rotatable bonds is 4. The van der Waals surface area contributed by atoms with Gasteiger partial charge in [-0.05, 0) is 24.1 Å². The van der Waals surface area contributed by atoms with Gasteiger partial charge < -0.3 is 10.2 Å². The largest absolute Gasteiger partial charge is 0.465 e. The molecule has 5 rings (SSSR count). The van der Waals surface area contributed by atoms with Crippen molar-refractivity contribution in [3.05, 3.63) is 48.0 Å². The first-order valence-electron chi connectivity index (χ1n) is 9.94. The van der Waals surface area contributed by atoms with E-state index >= 15 is 0 Å². The molecule has 3 heterocycles. The summed E-state index contributed by atoms with van der Waals surface area (Å²) in [5.41, 5.74) is 3.55. The molecule has 2 aromatic heterocycles. The van der Waals surface area contributed by atoms with Gasteiger partial charge >= 0.3 is 6.09 Å². The molecule has 0 radical (unpaired) electrons. The fourth-order valence-corrected chi connectivity index (χ4v) is 3.27. The number of nitrogens with one attached hydrogen (secondary N) is 1. The third kappa shape index (κ3) is 5.10. The van der Waals surface area contributed by atoms with Gasteiger partial charge in [-0.1, -0.05) is 49.6 Å². The van der Waals surface area contributed by atoms with Gasteiger partial charge in [0.2, 0.25) is 0 Å². The van der Waals surface area contributed by atoms with Gasteiger partial charge in [-0.3, -0.25) is 10.2 Å². The molecule has 2 aliphatic rings. The molecule has 1 saturated heterocycles. The van der Waals surface area contributed by atoms with Crippen molar-refractivity contribution in [3.63, 3.8) is 0 Å². The molecule has 3 N–H and O–H groups in total. The van der Waals surface area contributed by atoms with Gasteiger partial charge in [-0.25, -0.2) is 9.31 Å². The molecule has 0 unspecified atom stereocenters. The molecule has 0 bridgehead atoms. The maximum atomic E-state index is 10.8. The van der Waals surface area contributed by atoms with E-state index in [2.05, 4.69) is 32.4 Å². The van der Waals surface area contributed by atoms with Crippen LogP contribution in [0.25, 0.3) is 16.9 Å². The number of benzene rings is 1. The predicted molar refractivity (Wildman–Crippen MR) is 110 cm³/mol. The quantitative estimate of drug-likeness (QED) is 0.627. The molecule has 0 spiro atoms. The zero-order valence-corrected chi connectivity index (χ0v) is 16.2. The summed E-state index contributed by atoms with van der Waals surface area (Å²) in [5.74, 6) is 0.0501. The van der Waals surface area contributed by atoms with Crippen LogP contribution in [0.3, 0.4) is 0 Å². The number of carboxylic acid groups (broad SMARTS) is 1. The number of nitrogens with zero attached hydrogens (tertiary/aromatic N) is 4. The highest BCUT2D eigenvalue weighted by atomic mass is 16.4. The van der Waals surface area contributed by atoms with E-state index in [1.165, 1.54) is 24.8 Å². The highest BCUT2D eigenvalue weighted by Gasteiger charge is 2.20. The number of likely N-dealkylation sites (tertiary alicyclic amines) is 1. The SMILES string of the molecule is C1CC1.O=C(O)Nc1nc2cccc(-c3ccc(CN4CC[C@H](O)C4)cc3)n2n1. The lowest BCUT2D eigenvalue weighted by atomic mass is 10.1. The summed E-state index contributed by atoms with van der Waals surface area (Å²) in [5, 5.41) is 24.8. The van der Waals surface area contributed by atoms with Crippen LogP contribution in [-0.4, -0.2) is 55.0 Å². The third-order valence-electron chi connectivity index (χ3n) is 4.84. The monoisotopic (exact) mass is 395 g/mol. The van der Waals surface area contributed by atoms with Crippen LogP contribution in [0.1, 0.15) is 31.2 Å². The van der Waals surface area contributed by atoms with Gasteiger partial charge in [-0.15, -0.1) is 5.10 Å². The van der Waals surface area contributed by atoms with Crippen molar-refractivity contribution in [2.45, 2.75) is 38.3 Å². The minimum absolute atomic E-state index is 0.0501. The maximum Gasteiger partial charge on any atom is 0.411 e. The Morgan fingerprint density at radius 1 is 1.14 bits per heavy atom. The summed E-state index contributed by atoms with van der Waals surface area (Å²) in [7, 11) is 0. The van der Waals surface area contributed by atoms with Gasteiger partial charge in [-0.2, -0.15) is 4.98 Å². The number of aromatic nitrogens is 3. The Balaban J connectivity index is 0.000000626. The number of hydrogen-bond donors (Lipinski definition) is 3. The van der Waals surface area contributed by atoms with Crippen LogP contribution < -0.4 is 5.32 Å². The summed E-state index contributed by atoms with van der Waals surface area (Å²) in [4.78, 5) is 17.2. The second kappa shape index (κ2) is 8.59. The molecule has 1 saturated carbocycles. The normalized spacial score (nSPS) is 18.3. The third-order valence-corrected chi connectivity index (χ3v) is 4.84. The van der Waals surface area contributed by atoms with Gasteiger partial charge in [0.25, 0.3) is 5.95 Å². The number of carbonyl (C=O) groups is 1. The van der Waals surface area contributed by atoms with Crippen LogP contribution in [0, 0.1) is 0 Å². The van der Waals surface area contributed by atoms with Crippen molar-refractivity contribution < 1.29 is 15.0 Å². The topological polar surface area (TPSA) is 103 Å². The van der Waals surface area contributed by atoms with E-state index in [0.29, 0.717) is 5.65 Å². The Morgan fingerprint density at radius 2 is 1.90 bits per heavy atom. The van der Waals surface area contributed by atoms with E-state index in [1.807, 2.05) is 24.3 Å². The highest BCUT2D eigenvalue weighted by molar-refractivity contribution is 5.80. The van der Waals surface area contributed by atoms with E-state index in [0.717, 1.165) is 37.3 Å². The van der Waals surface area contributed by atoms with E-state index in [-0.39, 0.29) is 12.1 Å². The first-order valence-corrected chi connectivity index (χ1v) is 9.94. The van der Waals surface area contributed by atoms with Gasteiger partial charge in [0.15, 0.2) is 5.65 Å². The number of pyridine rings is 1. The molecule has 3 aromatic rings. The lowest BCUT2D eigenvalue weighted by Crippen LogP contribution is -2.21.